The van der Waals surface area contributed by atoms with E-state index in [2.05, 4.69) is 21.4 Å². The molecule has 1 N–H and O–H groups in total. The molecule has 0 spiro atoms. The molecule has 1 aromatic rings. The molecule has 0 radical (unpaired) electrons. The van der Waals surface area contributed by atoms with Crippen LogP contribution in [-0.4, -0.2) is 12.8 Å². The highest BCUT2D eigenvalue weighted by molar-refractivity contribution is 5.56. The van der Waals surface area contributed by atoms with Gasteiger partial charge in [-0.25, -0.2) is 0 Å². The molecule has 1 heterocycles. The van der Waals surface area contributed by atoms with Crippen molar-refractivity contribution in [3.8, 4) is 11.5 Å². The molecule has 0 aromatic heterocycles. The van der Waals surface area contributed by atoms with Gasteiger partial charge in [-0.15, -0.1) is 8.78 Å². The van der Waals surface area contributed by atoms with Gasteiger partial charge < -0.3 is 14.8 Å². The largest absolute Gasteiger partial charge is 0.586 e. The van der Waals surface area contributed by atoms with Crippen molar-refractivity contribution >= 4 is 5.69 Å². The van der Waals surface area contributed by atoms with Crippen molar-refractivity contribution in [1.82, 2.24) is 0 Å². The summed E-state index contributed by atoms with van der Waals surface area (Å²) in [5, 5.41) is 3.02. The third-order valence-corrected chi connectivity index (χ3v) is 2.00. The van der Waals surface area contributed by atoms with Gasteiger partial charge in [-0.1, -0.05) is 12.2 Å². The summed E-state index contributed by atoms with van der Waals surface area (Å²) in [6.07, 6.45) is -3.56. The quantitative estimate of drug-likeness (QED) is 0.805. The summed E-state index contributed by atoms with van der Waals surface area (Å²) in [5.41, 5.74) is 1.63. The van der Waals surface area contributed by atoms with Crippen LogP contribution in [-0.2, 0) is 0 Å². The van der Waals surface area contributed by atoms with Gasteiger partial charge in [-0.2, -0.15) is 0 Å². The number of halogens is 2. The van der Waals surface area contributed by atoms with Crippen LogP contribution in [0.25, 0.3) is 0 Å². The fourth-order valence-corrected chi connectivity index (χ4v) is 1.31. The summed E-state index contributed by atoms with van der Waals surface area (Å²) in [4.78, 5) is 0. The van der Waals surface area contributed by atoms with Crippen molar-refractivity contribution in [3.63, 3.8) is 0 Å². The zero-order chi connectivity index (χ0) is 11.8. The first kappa shape index (κ1) is 10.7. The average molecular weight is 227 g/mol. The zero-order valence-corrected chi connectivity index (χ0v) is 8.72. The van der Waals surface area contributed by atoms with Gasteiger partial charge in [0, 0.05) is 18.3 Å². The number of alkyl halides is 2. The lowest BCUT2D eigenvalue weighted by atomic mass is 10.2. The standard InChI is InChI=1S/C11H11F2NO2/c1-7(2)6-14-8-3-4-9-10(5-8)16-11(12,13)15-9/h3-5,14H,1,6H2,2H3. The van der Waals surface area contributed by atoms with Crippen LogP contribution in [0.2, 0.25) is 0 Å². The third kappa shape index (κ3) is 2.24. The molecule has 0 fully saturated rings. The molecule has 1 aliphatic rings. The van der Waals surface area contributed by atoms with Gasteiger partial charge in [0.05, 0.1) is 0 Å². The van der Waals surface area contributed by atoms with Crippen molar-refractivity contribution < 1.29 is 18.3 Å². The first-order valence-electron chi connectivity index (χ1n) is 4.74. The summed E-state index contributed by atoms with van der Waals surface area (Å²) >= 11 is 0. The number of hydrogen-bond donors (Lipinski definition) is 1. The highest BCUT2D eigenvalue weighted by atomic mass is 19.3. The molecule has 2 rings (SSSR count). The zero-order valence-electron chi connectivity index (χ0n) is 8.72. The van der Waals surface area contributed by atoms with E-state index in [4.69, 9.17) is 0 Å². The second-order valence-corrected chi connectivity index (χ2v) is 3.64. The Bertz CT molecular complexity index is 432. The third-order valence-electron chi connectivity index (χ3n) is 2.00. The maximum absolute atomic E-state index is 12.7. The molecule has 0 unspecified atom stereocenters. The monoisotopic (exact) mass is 227 g/mol. The molecular formula is C11H11F2NO2. The maximum Gasteiger partial charge on any atom is 0.586 e. The van der Waals surface area contributed by atoms with Crippen LogP contribution in [0.5, 0.6) is 11.5 Å². The van der Waals surface area contributed by atoms with Gasteiger partial charge in [0.1, 0.15) is 0 Å². The Morgan fingerprint density at radius 2 is 2.06 bits per heavy atom. The fraction of sp³-hybridized carbons (Fsp3) is 0.273. The summed E-state index contributed by atoms with van der Waals surface area (Å²) in [6, 6.07) is 4.56. The van der Waals surface area contributed by atoms with Crippen LogP contribution in [0, 0.1) is 0 Å². The molecule has 86 valence electrons. The van der Waals surface area contributed by atoms with E-state index in [-0.39, 0.29) is 11.5 Å². The van der Waals surface area contributed by atoms with Crippen molar-refractivity contribution in [2.45, 2.75) is 13.2 Å². The predicted octanol–water partition coefficient (Wildman–Crippen LogP) is 3.00. The highest BCUT2D eigenvalue weighted by Gasteiger charge is 2.43. The fourth-order valence-electron chi connectivity index (χ4n) is 1.31. The van der Waals surface area contributed by atoms with E-state index in [9.17, 15) is 8.78 Å². The predicted molar refractivity (Wildman–Crippen MR) is 55.9 cm³/mol. The molecule has 0 atom stereocenters. The second-order valence-electron chi connectivity index (χ2n) is 3.64. The number of hydrogen-bond acceptors (Lipinski definition) is 3. The van der Waals surface area contributed by atoms with Gasteiger partial charge in [0.15, 0.2) is 11.5 Å². The van der Waals surface area contributed by atoms with Crippen LogP contribution < -0.4 is 14.8 Å². The summed E-state index contributed by atoms with van der Waals surface area (Å²) < 4.78 is 34.0. The van der Waals surface area contributed by atoms with Crippen molar-refractivity contribution in [2.75, 3.05) is 11.9 Å². The molecule has 0 amide bonds. The minimum absolute atomic E-state index is 0.0386. The number of benzene rings is 1. The molecular weight excluding hydrogens is 216 g/mol. The number of anilines is 1. The van der Waals surface area contributed by atoms with Gasteiger partial charge in [-0.3, -0.25) is 0 Å². The van der Waals surface area contributed by atoms with E-state index in [0.717, 1.165) is 5.57 Å². The van der Waals surface area contributed by atoms with E-state index in [1.54, 1.807) is 6.07 Å². The van der Waals surface area contributed by atoms with Crippen LogP contribution in [0.4, 0.5) is 14.5 Å². The summed E-state index contributed by atoms with van der Waals surface area (Å²) in [5.74, 6) is 0.0857. The molecule has 0 aliphatic carbocycles. The Kier molecular flexibility index (Phi) is 2.46. The molecule has 1 aromatic carbocycles. The molecule has 0 bridgehead atoms. The van der Waals surface area contributed by atoms with Crippen LogP contribution >= 0.6 is 0 Å². The summed E-state index contributed by atoms with van der Waals surface area (Å²) in [7, 11) is 0. The van der Waals surface area contributed by atoms with Gasteiger partial charge in [-0.05, 0) is 19.1 Å². The Morgan fingerprint density at radius 1 is 1.38 bits per heavy atom. The number of ether oxygens (including phenoxy) is 2. The minimum atomic E-state index is -3.56. The van der Waals surface area contributed by atoms with Crippen LogP contribution in [0.15, 0.2) is 30.4 Å². The lowest BCUT2D eigenvalue weighted by Gasteiger charge is -2.06. The topological polar surface area (TPSA) is 30.5 Å². The second kappa shape index (κ2) is 3.66. The molecule has 0 saturated carbocycles. The van der Waals surface area contributed by atoms with Crippen LogP contribution in [0.3, 0.4) is 0 Å². The Hall–Kier alpha value is -1.78. The van der Waals surface area contributed by atoms with E-state index in [1.165, 1.54) is 12.1 Å². The van der Waals surface area contributed by atoms with Gasteiger partial charge >= 0.3 is 6.29 Å². The first-order chi connectivity index (χ1) is 7.46. The molecule has 1 aliphatic heterocycles. The average Bonchev–Trinajstić information content (AvgIpc) is 2.47. The maximum atomic E-state index is 12.7. The number of nitrogens with one attached hydrogen (secondary N) is 1. The van der Waals surface area contributed by atoms with E-state index in [1.807, 2.05) is 6.92 Å². The lowest BCUT2D eigenvalue weighted by Crippen LogP contribution is -2.25. The highest BCUT2D eigenvalue weighted by Crippen LogP contribution is 2.42. The van der Waals surface area contributed by atoms with Crippen molar-refractivity contribution in [3.05, 3.63) is 30.4 Å². The Morgan fingerprint density at radius 3 is 2.75 bits per heavy atom. The minimum Gasteiger partial charge on any atom is -0.395 e. The molecule has 5 heteroatoms. The van der Waals surface area contributed by atoms with Gasteiger partial charge in [0.25, 0.3) is 0 Å². The van der Waals surface area contributed by atoms with E-state index >= 15 is 0 Å². The Balaban J connectivity index is 2.13. The van der Waals surface area contributed by atoms with Crippen LogP contribution in [0.1, 0.15) is 6.92 Å². The number of fused-ring (bicyclic) bond motifs is 1. The van der Waals surface area contributed by atoms with Crippen molar-refractivity contribution in [1.29, 1.82) is 0 Å². The molecule has 16 heavy (non-hydrogen) atoms. The number of rotatable bonds is 3. The Labute approximate surface area is 91.7 Å². The van der Waals surface area contributed by atoms with E-state index < -0.39 is 6.29 Å². The van der Waals surface area contributed by atoms with Gasteiger partial charge in [0.2, 0.25) is 0 Å². The molecule has 0 saturated heterocycles. The lowest BCUT2D eigenvalue weighted by molar-refractivity contribution is -0.286. The molecule has 3 nitrogen and oxygen atoms in total. The van der Waals surface area contributed by atoms with E-state index in [0.29, 0.717) is 12.2 Å². The normalized spacial score (nSPS) is 15.9. The first-order valence-corrected chi connectivity index (χ1v) is 4.74. The van der Waals surface area contributed by atoms with Crippen molar-refractivity contribution in [2.24, 2.45) is 0 Å². The smallest absolute Gasteiger partial charge is 0.395 e. The SMILES string of the molecule is C=C(C)CNc1ccc2c(c1)OC(F)(F)O2. The summed E-state index contributed by atoms with van der Waals surface area (Å²) in [6.45, 7) is 6.18.